The Morgan fingerprint density at radius 2 is 2.23 bits per heavy atom. The van der Waals surface area contributed by atoms with Gasteiger partial charge < -0.3 is 10.5 Å². The van der Waals surface area contributed by atoms with Crippen molar-refractivity contribution in [3.63, 3.8) is 0 Å². The van der Waals surface area contributed by atoms with E-state index < -0.39 is 0 Å². The van der Waals surface area contributed by atoms with E-state index in [9.17, 15) is 0 Å². The molecule has 1 aromatic carbocycles. The van der Waals surface area contributed by atoms with E-state index in [1.807, 2.05) is 24.3 Å². The van der Waals surface area contributed by atoms with Crippen molar-refractivity contribution in [2.45, 2.75) is 33.0 Å². The SMILES string of the molecule is CCC(C)OCc1cccc(N)c1. The van der Waals surface area contributed by atoms with E-state index in [0.29, 0.717) is 12.7 Å². The maximum absolute atomic E-state index is 5.64. The summed E-state index contributed by atoms with van der Waals surface area (Å²) in [6.07, 6.45) is 1.36. The smallest absolute Gasteiger partial charge is 0.0721 e. The molecule has 1 aromatic rings. The van der Waals surface area contributed by atoms with E-state index in [-0.39, 0.29) is 0 Å². The molecule has 0 spiro atoms. The lowest BCUT2D eigenvalue weighted by atomic mass is 10.2. The van der Waals surface area contributed by atoms with Crippen molar-refractivity contribution in [2.24, 2.45) is 0 Å². The summed E-state index contributed by atoms with van der Waals surface area (Å²) in [4.78, 5) is 0. The van der Waals surface area contributed by atoms with Crippen molar-refractivity contribution in [1.82, 2.24) is 0 Å². The minimum Gasteiger partial charge on any atom is -0.399 e. The second-order valence-corrected chi connectivity index (χ2v) is 3.27. The Hall–Kier alpha value is -1.02. The summed E-state index contributed by atoms with van der Waals surface area (Å²) in [7, 11) is 0. The Kier molecular flexibility index (Phi) is 3.77. The van der Waals surface area contributed by atoms with Crippen LogP contribution in [0.1, 0.15) is 25.8 Å². The Morgan fingerprint density at radius 1 is 1.46 bits per heavy atom. The number of nitrogens with two attached hydrogens (primary N) is 1. The monoisotopic (exact) mass is 179 g/mol. The van der Waals surface area contributed by atoms with Crippen LogP contribution in [0.2, 0.25) is 0 Å². The first-order valence-electron chi connectivity index (χ1n) is 4.68. The number of nitrogen functional groups attached to an aromatic ring is 1. The van der Waals surface area contributed by atoms with E-state index in [4.69, 9.17) is 10.5 Å². The summed E-state index contributed by atoms with van der Waals surface area (Å²) in [5, 5.41) is 0. The zero-order valence-corrected chi connectivity index (χ0v) is 8.29. The zero-order chi connectivity index (χ0) is 9.68. The lowest BCUT2D eigenvalue weighted by Crippen LogP contribution is -2.06. The Labute approximate surface area is 79.7 Å². The van der Waals surface area contributed by atoms with Crippen LogP contribution in [0, 0.1) is 0 Å². The molecule has 0 bridgehead atoms. The quantitative estimate of drug-likeness (QED) is 0.721. The van der Waals surface area contributed by atoms with E-state index in [2.05, 4.69) is 13.8 Å². The fourth-order valence-electron chi connectivity index (χ4n) is 1.04. The third-order valence-corrected chi connectivity index (χ3v) is 2.06. The molecule has 0 aliphatic rings. The second kappa shape index (κ2) is 4.87. The average molecular weight is 179 g/mol. The van der Waals surface area contributed by atoms with Crippen molar-refractivity contribution in [2.75, 3.05) is 5.73 Å². The molecule has 0 aromatic heterocycles. The van der Waals surface area contributed by atoms with Crippen LogP contribution < -0.4 is 5.73 Å². The zero-order valence-electron chi connectivity index (χ0n) is 8.29. The lowest BCUT2D eigenvalue weighted by Gasteiger charge is -2.10. The summed E-state index contributed by atoms with van der Waals surface area (Å²) < 4.78 is 5.58. The Morgan fingerprint density at radius 3 is 2.85 bits per heavy atom. The summed E-state index contributed by atoms with van der Waals surface area (Å²) in [6.45, 7) is 4.84. The van der Waals surface area contributed by atoms with Gasteiger partial charge in [0.15, 0.2) is 0 Å². The molecule has 2 heteroatoms. The maximum atomic E-state index is 5.64. The normalized spacial score (nSPS) is 12.8. The first-order valence-corrected chi connectivity index (χ1v) is 4.68. The van der Waals surface area contributed by atoms with Gasteiger partial charge in [0, 0.05) is 5.69 Å². The molecule has 0 radical (unpaired) electrons. The van der Waals surface area contributed by atoms with Crippen LogP contribution in [0.3, 0.4) is 0 Å². The molecule has 1 unspecified atom stereocenters. The number of hydrogen-bond acceptors (Lipinski definition) is 2. The van der Waals surface area contributed by atoms with Crippen LogP contribution in [0.15, 0.2) is 24.3 Å². The summed E-state index contributed by atoms with van der Waals surface area (Å²) >= 11 is 0. The van der Waals surface area contributed by atoms with Crippen LogP contribution in [-0.2, 0) is 11.3 Å². The molecule has 2 nitrogen and oxygen atoms in total. The third-order valence-electron chi connectivity index (χ3n) is 2.06. The average Bonchev–Trinajstić information content (AvgIpc) is 2.14. The highest BCUT2D eigenvalue weighted by molar-refractivity contribution is 5.40. The van der Waals surface area contributed by atoms with Gasteiger partial charge in [-0.3, -0.25) is 0 Å². The van der Waals surface area contributed by atoms with Gasteiger partial charge >= 0.3 is 0 Å². The van der Waals surface area contributed by atoms with Crippen LogP contribution >= 0.6 is 0 Å². The van der Waals surface area contributed by atoms with Gasteiger partial charge in [-0.2, -0.15) is 0 Å². The number of ether oxygens (including phenoxy) is 1. The van der Waals surface area contributed by atoms with E-state index >= 15 is 0 Å². The maximum Gasteiger partial charge on any atom is 0.0721 e. The van der Waals surface area contributed by atoms with Crippen molar-refractivity contribution < 1.29 is 4.74 Å². The third kappa shape index (κ3) is 3.47. The van der Waals surface area contributed by atoms with Gasteiger partial charge in [-0.05, 0) is 31.0 Å². The first kappa shape index (κ1) is 10.1. The van der Waals surface area contributed by atoms with Gasteiger partial charge in [0.2, 0.25) is 0 Å². The highest BCUT2D eigenvalue weighted by Crippen LogP contribution is 2.09. The highest BCUT2D eigenvalue weighted by atomic mass is 16.5. The second-order valence-electron chi connectivity index (χ2n) is 3.27. The fourth-order valence-corrected chi connectivity index (χ4v) is 1.04. The molecule has 0 saturated carbocycles. The molecule has 0 saturated heterocycles. The van der Waals surface area contributed by atoms with Crippen LogP contribution in [0.5, 0.6) is 0 Å². The molecular formula is C11H17NO. The molecule has 13 heavy (non-hydrogen) atoms. The summed E-state index contributed by atoms with van der Waals surface area (Å²) in [5.74, 6) is 0. The van der Waals surface area contributed by atoms with E-state index in [1.54, 1.807) is 0 Å². The fraction of sp³-hybridized carbons (Fsp3) is 0.455. The number of anilines is 1. The van der Waals surface area contributed by atoms with Gasteiger partial charge in [0.25, 0.3) is 0 Å². The summed E-state index contributed by atoms with van der Waals surface area (Å²) in [6, 6.07) is 7.80. The molecule has 0 amide bonds. The Bertz CT molecular complexity index is 260. The minimum absolute atomic E-state index is 0.321. The molecule has 1 atom stereocenters. The van der Waals surface area contributed by atoms with E-state index in [0.717, 1.165) is 17.7 Å². The van der Waals surface area contributed by atoms with Crippen molar-refractivity contribution in [3.8, 4) is 0 Å². The topological polar surface area (TPSA) is 35.2 Å². The molecule has 0 aliphatic heterocycles. The molecular weight excluding hydrogens is 162 g/mol. The largest absolute Gasteiger partial charge is 0.399 e. The molecule has 0 fully saturated rings. The molecule has 72 valence electrons. The molecule has 0 aliphatic carbocycles. The van der Waals surface area contributed by atoms with Gasteiger partial charge in [-0.15, -0.1) is 0 Å². The van der Waals surface area contributed by atoms with Gasteiger partial charge in [-0.25, -0.2) is 0 Å². The number of hydrogen-bond donors (Lipinski definition) is 1. The lowest BCUT2D eigenvalue weighted by molar-refractivity contribution is 0.0509. The summed E-state index contributed by atoms with van der Waals surface area (Å²) in [5.41, 5.74) is 7.58. The van der Waals surface area contributed by atoms with Crippen LogP contribution in [-0.4, -0.2) is 6.10 Å². The van der Waals surface area contributed by atoms with Crippen molar-refractivity contribution >= 4 is 5.69 Å². The minimum atomic E-state index is 0.321. The van der Waals surface area contributed by atoms with E-state index in [1.165, 1.54) is 0 Å². The van der Waals surface area contributed by atoms with Crippen LogP contribution in [0.4, 0.5) is 5.69 Å². The first-order chi connectivity index (χ1) is 6.22. The number of rotatable bonds is 4. The molecule has 0 heterocycles. The van der Waals surface area contributed by atoms with Gasteiger partial charge in [-0.1, -0.05) is 19.1 Å². The van der Waals surface area contributed by atoms with Crippen LogP contribution in [0.25, 0.3) is 0 Å². The number of benzene rings is 1. The standard InChI is InChI=1S/C11H17NO/c1-3-9(2)13-8-10-5-4-6-11(12)7-10/h4-7,9H,3,8,12H2,1-2H3. The highest BCUT2D eigenvalue weighted by Gasteiger charge is 1.99. The molecule has 2 N–H and O–H groups in total. The molecule has 1 rings (SSSR count). The van der Waals surface area contributed by atoms with Gasteiger partial charge in [0.05, 0.1) is 12.7 Å². The van der Waals surface area contributed by atoms with Gasteiger partial charge in [0.1, 0.15) is 0 Å². The Balaban J connectivity index is 2.45. The predicted octanol–water partition coefficient (Wildman–Crippen LogP) is 2.58. The predicted molar refractivity (Wildman–Crippen MR) is 55.4 cm³/mol. The van der Waals surface area contributed by atoms with Crippen molar-refractivity contribution in [3.05, 3.63) is 29.8 Å². The van der Waals surface area contributed by atoms with Crippen molar-refractivity contribution in [1.29, 1.82) is 0 Å².